The standard InChI is InChI=1S/C16H18N2O2/c17-14-6-1-7-15-13(14)5-2-10-18(15)16(19)9-8-12-4-3-11-20-12/h1,3-4,6-7,11H,2,5,8-10,17H2. The molecule has 0 bridgehead atoms. The largest absolute Gasteiger partial charge is 0.469 e. The van der Waals surface area contributed by atoms with Crippen molar-refractivity contribution in [2.24, 2.45) is 0 Å². The molecular formula is C16H18N2O2. The number of benzene rings is 1. The molecule has 4 nitrogen and oxygen atoms in total. The third-order valence-electron chi connectivity index (χ3n) is 3.75. The van der Waals surface area contributed by atoms with Crippen molar-refractivity contribution in [3.05, 3.63) is 47.9 Å². The molecule has 2 heterocycles. The molecule has 1 amide bonds. The van der Waals surface area contributed by atoms with Crippen molar-refractivity contribution >= 4 is 17.3 Å². The number of rotatable bonds is 3. The summed E-state index contributed by atoms with van der Waals surface area (Å²) in [5.41, 5.74) is 8.86. The number of furan rings is 1. The third-order valence-corrected chi connectivity index (χ3v) is 3.75. The van der Waals surface area contributed by atoms with Crippen molar-refractivity contribution in [2.75, 3.05) is 17.2 Å². The van der Waals surface area contributed by atoms with Gasteiger partial charge in [-0.1, -0.05) is 6.07 Å². The monoisotopic (exact) mass is 270 g/mol. The summed E-state index contributed by atoms with van der Waals surface area (Å²) in [6.07, 6.45) is 4.65. The van der Waals surface area contributed by atoms with Crippen LogP contribution in [0.4, 0.5) is 11.4 Å². The molecule has 4 heteroatoms. The van der Waals surface area contributed by atoms with E-state index in [0.717, 1.165) is 42.1 Å². The van der Waals surface area contributed by atoms with E-state index in [4.69, 9.17) is 10.2 Å². The second-order valence-electron chi connectivity index (χ2n) is 5.07. The molecule has 2 aromatic rings. The molecule has 0 atom stereocenters. The molecule has 2 N–H and O–H groups in total. The van der Waals surface area contributed by atoms with Gasteiger partial charge in [-0.25, -0.2) is 0 Å². The van der Waals surface area contributed by atoms with Crippen LogP contribution in [-0.4, -0.2) is 12.5 Å². The van der Waals surface area contributed by atoms with Gasteiger partial charge in [0.25, 0.3) is 0 Å². The maximum Gasteiger partial charge on any atom is 0.227 e. The molecule has 3 rings (SSSR count). The van der Waals surface area contributed by atoms with Crippen molar-refractivity contribution in [3.8, 4) is 0 Å². The summed E-state index contributed by atoms with van der Waals surface area (Å²) in [5, 5.41) is 0. The summed E-state index contributed by atoms with van der Waals surface area (Å²) < 4.78 is 5.27. The first-order chi connectivity index (χ1) is 9.75. The zero-order valence-electron chi connectivity index (χ0n) is 11.3. The Kier molecular flexibility index (Phi) is 3.46. The second kappa shape index (κ2) is 5.41. The van der Waals surface area contributed by atoms with E-state index in [1.165, 1.54) is 0 Å². The zero-order valence-corrected chi connectivity index (χ0v) is 11.3. The van der Waals surface area contributed by atoms with Crippen LogP contribution in [0.2, 0.25) is 0 Å². The first-order valence-corrected chi connectivity index (χ1v) is 6.96. The number of nitrogens with two attached hydrogens (primary N) is 1. The molecule has 0 saturated heterocycles. The molecule has 1 aliphatic rings. The Labute approximate surface area is 118 Å². The number of amides is 1. The molecule has 0 unspecified atom stereocenters. The lowest BCUT2D eigenvalue weighted by molar-refractivity contribution is -0.118. The Morgan fingerprint density at radius 2 is 2.20 bits per heavy atom. The van der Waals surface area contributed by atoms with Crippen molar-refractivity contribution in [1.82, 2.24) is 0 Å². The summed E-state index contributed by atoms with van der Waals surface area (Å²) in [6, 6.07) is 9.53. The van der Waals surface area contributed by atoms with Crippen LogP contribution in [-0.2, 0) is 17.6 Å². The average molecular weight is 270 g/mol. The highest BCUT2D eigenvalue weighted by molar-refractivity contribution is 5.95. The van der Waals surface area contributed by atoms with Crippen LogP contribution in [0.5, 0.6) is 0 Å². The first kappa shape index (κ1) is 12.8. The number of nitrogen functional groups attached to an aromatic ring is 1. The minimum absolute atomic E-state index is 0.132. The molecule has 0 fully saturated rings. The Bertz CT molecular complexity index is 605. The van der Waals surface area contributed by atoms with Gasteiger partial charge >= 0.3 is 0 Å². The third kappa shape index (κ3) is 2.41. The summed E-state index contributed by atoms with van der Waals surface area (Å²) in [4.78, 5) is 14.3. The lowest BCUT2D eigenvalue weighted by atomic mass is 9.99. The summed E-state index contributed by atoms with van der Waals surface area (Å²) in [5.74, 6) is 0.983. The van der Waals surface area contributed by atoms with Crippen LogP contribution in [0.3, 0.4) is 0 Å². The molecule has 0 aliphatic carbocycles. The second-order valence-corrected chi connectivity index (χ2v) is 5.07. The molecule has 104 valence electrons. The number of anilines is 2. The predicted octanol–water partition coefficient (Wildman–Crippen LogP) is 2.77. The van der Waals surface area contributed by atoms with Crippen LogP contribution < -0.4 is 10.6 Å². The number of carbonyl (C=O) groups is 1. The Balaban J connectivity index is 1.75. The van der Waals surface area contributed by atoms with Gasteiger partial charge in [0.2, 0.25) is 5.91 Å². The van der Waals surface area contributed by atoms with Gasteiger partial charge in [-0.15, -0.1) is 0 Å². The Hall–Kier alpha value is -2.23. The van der Waals surface area contributed by atoms with E-state index in [-0.39, 0.29) is 5.91 Å². The molecule has 1 aromatic carbocycles. The number of nitrogens with zero attached hydrogens (tertiary/aromatic N) is 1. The molecule has 0 saturated carbocycles. The van der Waals surface area contributed by atoms with E-state index in [2.05, 4.69) is 0 Å². The van der Waals surface area contributed by atoms with Crippen molar-refractivity contribution in [1.29, 1.82) is 0 Å². The maximum absolute atomic E-state index is 12.4. The van der Waals surface area contributed by atoms with Gasteiger partial charge < -0.3 is 15.1 Å². The van der Waals surface area contributed by atoms with E-state index in [0.29, 0.717) is 12.8 Å². The Morgan fingerprint density at radius 3 is 3.00 bits per heavy atom. The van der Waals surface area contributed by atoms with E-state index < -0.39 is 0 Å². The van der Waals surface area contributed by atoms with Crippen LogP contribution in [0.1, 0.15) is 24.2 Å². The van der Waals surface area contributed by atoms with Gasteiger partial charge in [0.05, 0.1) is 6.26 Å². The molecule has 0 radical (unpaired) electrons. The van der Waals surface area contributed by atoms with E-state index in [9.17, 15) is 4.79 Å². The zero-order chi connectivity index (χ0) is 13.9. The minimum atomic E-state index is 0.132. The fourth-order valence-electron chi connectivity index (χ4n) is 2.73. The Morgan fingerprint density at radius 1 is 1.30 bits per heavy atom. The van der Waals surface area contributed by atoms with Gasteiger partial charge in [0.15, 0.2) is 0 Å². The highest BCUT2D eigenvalue weighted by Crippen LogP contribution is 2.31. The molecule has 1 aromatic heterocycles. The van der Waals surface area contributed by atoms with Crippen LogP contribution in [0.15, 0.2) is 41.0 Å². The van der Waals surface area contributed by atoms with Gasteiger partial charge in [-0.2, -0.15) is 0 Å². The SMILES string of the molecule is Nc1cccc2c1CCCN2C(=O)CCc1ccco1. The smallest absolute Gasteiger partial charge is 0.227 e. The first-order valence-electron chi connectivity index (χ1n) is 6.96. The van der Waals surface area contributed by atoms with Crippen molar-refractivity contribution in [3.63, 3.8) is 0 Å². The van der Waals surface area contributed by atoms with E-state index in [1.54, 1.807) is 6.26 Å². The fourth-order valence-corrected chi connectivity index (χ4v) is 2.73. The fraction of sp³-hybridized carbons (Fsp3) is 0.312. The molecule has 1 aliphatic heterocycles. The van der Waals surface area contributed by atoms with Gasteiger partial charge in [-0.05, 0) is 42.7 Å². The lowest BCUT2D eigenvalue weighted by Crippen LogP contribution is -2.35. The number of hydrogen-bond donors (Lipinski definition) is 1. The topological polar surface area (TPSA) is 59.5 Å². The number of carbonyl (C=O) groups excluding carboxylic acids is 1. The maximum atomic E-state index is 12.4. The predicted molar refractivity (Wildman–Crippen MR) is 78.6 cm³/mol. The molecular weight excluding hydrogens is 252 g/mol. The highest BCUT2D eigenvalue weighted by Gasteiger charge is 2.23. The van der Waals surface area contributed by atoms with Crippen molar-refractivity contribution < 1.29 is 9.21 Å². The summed E-state index contributed by atoms with van der Waals surface area (Å²) in [7, 11) is 0. The average Bonchev–Trinajstić information content (AvgIpc) is 2.98. The van der Waals surface area contributed by atoms with E-state index >= 15 is 0 Å². The quantitative estimate of drug-likeness (QED) is 0.872. The van der Waals surface area contributed by atoms with Crippen LogP contribution >= 0.6 is 0 Å². The number of fused-ring (bicyclic) bond motifs is 1. The lowest BCUT2D eigenvalue weighted by Gasteiger charge is -2.30. The highest BCUT2D eigenvalue weighted by atomic mass is 16.3. The van der Waals surface area contributed by atoms with Gasteiger partial charge in [0, 0.05) is 30.8 Å². The summed E-state index contributed by atoms with van der Waals surface area (Å²) >= 11 is 0. The summed E-state index contributed by atoms with van der Waals surface area (Å²) in [6.45, 7) is 0.771. The minimum Gasteiger partial charge on any atom is -0.469 e. The number of aryl methyl sites for hydroxylation is 1. The van der Waals surface area contributed by atoms with Gasteiger partial charge in [-0.3, -0.25) is 4.79 Å². The van der Waals surface area contributed by atoms with Gasteiger partial charge in [0.1, 0.15) is 5.76 Å². The normalized spacial score (nSPS) is 14.1. The molecule has 20 heavy (non-hydrogen) atoms. The van der Waals surface area contributed by atoms with Crippen molar-refractivity contribution in [2.45, 2.75) is 25.7 Å². The van der Waals surface area contributed by atoms with Crippen LogP contribution in [0, 0.1) is 0 Å². The van der Waals surface area contributed by atoms with Crippen LogP contribution in [0.25, 0.3) is 0 Å². The number of hydrogen-bond acceptors (Lipinski definition) is 3. The molecule has 0 spiro atoms. The van der Waals surface area contributed by atoms with E-state index in [1.807, 2.05) is 35.2 Å².